The van der Waals surface area contributed by atoms with Crippen LogP contribution in [0.25, 0.3) is 5.70 Å². The zero-order chi connectivity index (χ0) is 19.3. The number of hydrazone groups is 1. The fraction of sp³-hybridized carbons (Fsp3) is 0.125. The predicted octanol–water partition coefficient (Wildman–Crippen LogP) is 5.37. The van der Waals surface area contributed by atoms with Crippen molar-refractivity contribution in [1.82, 2.24) is 5.43 Å². The molecule has 0 amide bonds. The molecule has 5 rings (SSSR count). The Morgan fingerprint density at radius 1 is 0.857 bits per heavy atom. The first kappa shape index (κ1) is 16.9. The third-order valence-electron chi connectivity index (χ3n) is 5.71. The molecular weight excluding hydrogens is 354 g/mol. The van der Waals surface area contributed by atoms with E-state index in [1.165, 1.54) is 29.8 Å². The number of benzene rings is 3. The first-order valence-corrected chi connectivity index (χ1v) is 9.28. The lowest BCUT2D eigenvalue weighted by atomic mass is 9.67. The van der Waals surface area contributed by atoms with Gasteiger partial charge in [0.05, 0.1) is 11.4 Å². The SMILES string of the molecule is C=C1NN=C2c3c(cccc31)CC(c1ccc(F)cc1)C2c1ccc(F)cc1. The molecule has 3 aromatic carbocycles. The van der Waals surface area contributed by atoms with Crippen LogP contribution in [0.2, 0.25) is 0 Å². The molecule has 4 heteroatoms. The third kappa shape index (κ3) is 2.64. The average molecular weight is 372 g/mol. The van der Waals surface area contributed by atoms with E-state index in [0.29, 0.717) is 0 Å². The highest BCUT2D eigenvalue weighted by Gasteiger charge is 2.38. The highest BCUT2D eigenvalue weighted by Crippen LogP contribution is 2.45. The number of nitrogens with zero attached hydrogens (tertiary/aromatic N) is 1. The number of halogens is 2. The van der Waals surface area contributed by atoms with Crippen LogP contribution in [0.3, 0.4) is 0 Å². The minimum atomic E-state index is -0.268. The molecular formula is C24H18F2N2. The van der Waals surface area contributed by atoms with Gasteiger partial charge in [0.1, 0.15) is 11.6 Å². The molecule has 3 aromatic rings. The molecule has 1 aliphatic heterocycles. The Balaban J connectivity index is 1.73. The molecule has 1 aliphatic carbocycles. The van der Waals surface area contributed by atoms with E-state index >= 15 is 0 Å². The minimum Gasteiger partial charge on any atom is -0.278 e. The number of hydrogen-bond acceptors (Lipinski definition) is 2. The fourth-order valence-corrected chi connectivity index (χ4v) is 4.42. The monoisotopic (exact) mass is 372 g/mol. The van der Waals surface area contributed by atoms with E-state index < -0.39 is 0 Å². The largest absolute Gasteiger partial charge is 0.278 e. The molecule has 0 saturated carbocycles. The minimum absolute atomic E-state index is 0.0692. The van der Waals surface area contributed by atoms with Crippen molar-refractivity contribution < 1.29 is 8.78 Å². The zero-order valence-electron chi connectivity index (χ0n) is 15.1. The van der Waals surface area contributed by atoms with Gasteiger partial charge in [-0.05, 0) is 47.4 Å². The van der Waals surface area contributed by atoms with Crippen LogP contribution in [0.1, 0.15) is 39.7 Å². The fourth-order valence-electron chi connectivity index (χ4n) is 4.42. The number of hydrogen-bond donors (Lipinski definition) is 1. The van der Waals surface area contributed by atoms with E-state index in [1.807, 2.05) is 36.4 Å². The van der Waals surface area contributed by atoms with Crippen LogP contribution >= 0.6 is 0 Å². The van der Waals surface area contributed by atoms with Gasteiger partial charge in [-0.3, -0.25) is 5.43 Å². The molecule has 138 valence electrons. The van der Waals surface area contributed by atoms with E-state index in [0.717, 1.165) is 40.1 Å². The van der Waals surface area contributed by atoms with Gasteiger partial charge in [0.15, 0.2) is 0 Å². The van der Waals surface area contributed by atoms with Crippen molar-refractivity contribution in [1.29, 1.82) is 0 Å². The summed E-state index contributed by atoms with van der Waals surface area (Å²) >= 11 is 0. The molecule has 2 atom stereocenters. The van der Waals surface area contributed by atoms with Crippen LogP contribution in [-0.2, 0) is 6.42 Å². The van der Waals surface area contributed by atoms with Crippen LogP contribution in [0.4, 0.5) is 8.78 Å². The van der Waals surface area contributed by atoms with Gasteiger partial charge in [0.25, 0.3) is 0 Å². The summed E-state index contributed by atoms with van der Waals surface area (Å²) in [6, 6.07) is 19.4. The topological polar surface area (TPSA) is 24.4 Å². The van der Waals surface area contributed by atoms with Crippen molar-refractivity contribution in [2.75, 3.05) is 0 Å². The normalized spacial score (nSPS) is 20.2. The average Bonchev–Trinajstić information content (AvgIpc) is 2.71. The summed E-state index contributed by atoms with van der Waals surface area (Å²) in [5.41, 5.74) is 10.1. The summed E-state index contributed by atoms with van der Waals surface area (Å²) in [6.45, 7) is 4.08. The number of nitrogens with one attached hydrogen (secondary N) is 1. The standard InChI is InChI=1S/C24H18F2N2/c1-14-20-4-2-3-17-13-21(15-5-9-18(25)10-6-15)22(24(23(17)20)28-27-14)16-7-11-19(26)12-8-16/h2-12,21-22,27H,1,13H2. The number of rotatable bonds is 2. The van der Waals surface area contributed by atoms with Gasteiger partial charge in [-0.2, -0.15) is 5.10 Å². The Morgan fingerprint density at radius 2 is 1.50 bits per heavy atom. The van der Waals surface area contributed by atoms with Gasteiger partial charge in [0.2, 0.25) is 0 Å². The Morgan fingerprint density at radius 3 is 2.18 bits per heavy atom. The summed E-state index contributed by atoms with van der Waals surface area (Å²) in [6.07, 6.45) is 0.795. The van der Waals surface area contributed by atoms with E-state index in [9.17, 15) is 8.78 Å². The van der Waals surface area contributed by atoms with Crippen molar-refractivity contribution in [3.8, 4) is 0 Å². The molecule has 0 saturated heterocycles. The lowest BCUT2D eigenvalue weighted by molar-refractivity contribution is 0.600. The van der Waals surface area contributed by atoms with Gasteiger partial charge >= 0.3 is 0 Å². The molecule has 0 fully saturated rings. The molecule has 1 heterocycles. The van der Waals surface area contributed by atoms with Gasteiger partial charge in [-0.1, -0.05) is 49.0 Å². The summed E-state index contributed by atoms with van der Waals surface area (Å²) in [7, 11) is 0. The van der Waals surface area contributed by atoms with Crippen molar-refractivity contribution in [3.05, 3.63) is 113 Å². The van der Waals surface area contributed by atoms with E-state index in [-0.39, 0.29) is 23.5 Å². The van der Waals surface area contributed by atoms with Gasteiger partial charge in [-0.25, -0.2) is 8.78 Å². The molecule has 28 heavy (non-hydrogen) atoms. The maximum atomic E-state index is 13.6. The van der Waals surface area contributed by atoms with Crippen molar-refractivity contribution in [3.63, 3.8) is 0 Å². The van der Waals surface area contributed by atoms with Crippen LogP contribution < -0.4 is 5.43 Å². The zero-order valence-corrected chi connectivity index (χ0v) is 15.1. The summed E-state index contributed by atoms with van der Waals surface area (Å²) < 4.78 is 27.1. The quantitative estimate of drug-likeness (QED) is 0.643. The Kier molecular flexibility index (Phi) is 3.86. The van der Waals surface area contributed by atoms with E-state index in [2.05, 4.69) is 23.2 Å². The van der Waals surface area contributed by atoms with Crippen LogP contribution in [0.15, 0.2) is 78.4 Å². The highest BCUT2D eigenvalue weighted by molar-refractivity contribution is 6.12. The maximum Gasteiger partial charge on any atom is 0.123 e. The Labute approximate surface area is 162 Å². The molecule has 2 nitrogen and oxygen atoms in total. The van der Waals surface area contributed by atoms with Gasteiger partial charge in [0, 0.05) is 23.0 Å². The maximum absolute atomic E-state index is 13.6. The molecule has 0 radical (unpaired) electrons. The second kappa shape index (κ2) is 6.41. The molecule has 0 aromatic heterocycles. The van der Waals surface area contributed by atoms with Crippen LogP contribution in [0.5, 0.6) is 0 Å². The summed E-state index contributed by atoms with van der Waals surface area (Å²) in [5, 5.41) is 4.66. The predicted molar refractivity (Wildman–Crippen MR) is 107 cm³/mol. The summed E-state index contributed by atoms with van der Waals surface area (Å²) in [5.74, 6) is -0.523. The smallest absolute Gasteiger partial charge is 0.123 e. The molecule has 1 N–H and O–H groups in total. The van der Waals surface area contributed by atoms with E-state index in [4.69, 9.17) is 0 Å². The Bertz CT molecular complexity index is 1100. The molecule has 0 bridgehead atoms. The van der Waals surface area contributed by atoms with Crippen LogP contribution in [-0.4, -0.2) is 5.71 Å². The Hall–Kier alpha value is -3.27. The van der Waals surface area contributed by atoms with Gasteiger partial charge in [-0.15, -0.1) is 0 Å². The first-order valence-electron chi connectivity index (χ1n) is 9.28. The van der Waals surface area contributed by atoms with Crippen LogP contribution in [0, 0.1) is 11.6 Å². The second-order valence-corrected chi connectivity index (χ2v) is 7.32. The van der Waals surface area contributed by atoms with Crippen molar-refractivity contribution in [2.24, 2.45) is 5.10 Å². The second-order valence-electron chi connectivity index (χ2n) is 7.32. The molecule has 2 aliphatic rings. The van der Waals surface area contributed by atoms with Gasteiger partial charge < -0.3 is 0 Å². The van der Waals surface area contributed by atoms with Crippen molar-refractivity contribution >= 4 is 11.4 Å². The van der Waals surface area contributed by atoms with E-state index in [1.54, 1.807) is 0 Å². The summed E-state index contributed by atoms with van der Waals surface area (Å²) in [4.78, 5) is 0. The molecule has 0 spiro atoms. The highest BCUT2D eigenvalue weighted by atomic mass is 19.1. The lowest BCUT2D eigenvalue weighted by Gasteiger charge is -2.38. The third-order valence-corrected chi connectivity index (χ3v) is 5.71. The molecule has 2 unspecified atom stereocenters. The lowest BCUT2D eigenvalue weighted by Crippen LogP contribution is -2.34. The first-order chi connectivity index (χ1) is 13.6. The van der Waals surface area contributed by atoms with Crippen molar-refractivity contribution in [2.45, 2.75) is 18.3 Å².